The molecule has 2 rings (SSSR count). The smallest absolute Gasteiger partial charge is 0.347 e. The molecule has 1 saturated heterocycles. The Morgan fingerprint density at radius 2 is 2.05 bits per heavy atom. The van der Waals surface area contributed by atoms with Crippen molar-refractivity contribution >= 4 is 29.1 Å². The van der Waals surface area contributed by atoms with E-state index >= 15 is 0 Å². The lowest BCUT2D eigenvalue weighted by Crippen LogP contribution is -2.38. The van der Waals surface area contributed by atoms with E-state index in [0.717, 1.165) is 0 Å². The van der Waals surface area contributed by atoms with Gasteiger partial charge in [-0.2, -0.15) is 13.2 Å². The highest BCUT2D eigenvalue weighted by Crippen LogP contribution is 2.31. The second-order valence-electron chi connectivity index (χ2n) is 4.69. The molecule has 8 heteroatoms. The lowest BCUT2D eigenvalue weighted by atomic mass is 10.1. The van der Waals surface area contributed by atoms with Crippen LogP contribution in [0.2, 0.25) is 5.02 Å². The highest BCUT2D eigenvalue weighted by molar-refractivity contribution is 6.33. The molecule has 1 aromatic rings. The molecule has 0 saturated carbocycles. The number of nitrogens with zero attached hydrogens (tertiary/aromatic N) is 1. The molecular formula is C13H12ClF3N2O2. The van der Waals surface area contributed by atoms with Gasteiger partial charge in [-0.25, -0.2) is 0 Å². The Bertz CT molecular complexity index is 563. The minimum Gasteiger partial charge on any atom is -0.347 e. The van der Waals surface area contributed by atoms with Gasteiger partial charge in [0.2, 0.25) is 11.8 Å². The largest absolute Gasteiger partial charge is 0.405 e. The normalized spacial score (nSPS) is 19.0. The predicted octanol–water partition coefficient (Wildman–Crippen LogP) is 2.37. The van der Waals surface area contributed by atoms with Crippen molar-refractivity contribution in [1.29, 1.82) is 0 Å². The van der Waals surface area contributed by atoms with Gasteiger partial charge in [0.15, 0.2) is 0 Å². The maximum atomic E-state index is 12.1. The summed E-state index contributed by atoms with van der Waals surface area (Å²) in [5.41, 5.74) is 0.454. The summed E-state index contributed by atoms with van der Waals surface area (Å²) >= 11 is 5.97. The fourth-order valence-corrected chi connectivity index (χ4v) is 2.36. The Morgan fingerprint density at radius 3 is 2.67 bits per heavy atom. The molecule has 0 bridgehead atoms. The van der Waals surface area contributed by atoms with E-state index in [0.29, 0.717) is 10.7 Å². The first-order valence-corrected chi connectivity index (χ1v) is 6.55. The maximum Gasteiger partial charge on any atom is 0.405 e. The SMILES string of the molecule is O=C(NCC(F)(F)F)C1CC(=O)N(c2ccccc2Cl)C1. The van der Waals surface area contributed by atoms with Crippen LogP contribution in [0.3, 0.4) is 0 Å². The topological polar surface area (TPSA) is 49.4 Å². The first kappa shape index (κ1) is 15.6. The van der Waals surface area contributed by atoms with E-state index in [-0.39, 0.29) is 18.9 Å². The molecule has 1 fully saturated rings. The molecule has 1 unspecified atom stereocenters. The van der Waals surface area contributed by atoms with Gasteiger partial charge in [-0.3, -0.25) is 9.59 Å². The molecule has 1 aliphatic heterocycles. The molecule has 1 atom stereocenters. The molecule has 114 valence electrons. The molecule has 1 aromatic carbocycles. The molecule has 1 heterocycles. The number of nitrogens with one attached hydrogen (secondary N) is 1. The van der Waals surface area contributed by atoms with E-state index in [9.17, 15) is 22.8 Å². The molecule has 1 N–H and O–H groups in total. The number of rotatable bonds is 3. The third kappa shape index (κ3) is 3.87. The number of hydrogen-bond donors (Lipinski definition) is 1. The Balaban J connectivity index is 2.03. The zero-order chi connectivity index (χ0) is 15.6. The summed E-state index contributed by atoms with van der Waals surface area (Å²) in [5, 5.41) is 2.15. The minimum atomic E-state index is -4.47. The van der Waals surface area contributed by atoms with Gasteiger partial charge in [0.1, 0.15) is 6.54 Å². The summed E-state index contributed by atoms with van der Waals surface area (Å²) in [6, 6.07) is 6.60. The van der Waals surface area contributed by atoms with Gasteiger partial charge in [-0.15, -0.1) is 0 Å². The van der Waals surface area contributed by atoms with Crippen molar-refractivity contribution < 1.29 is 22.8 Å². The lowest BCUT2D eigenvalue weighted by Gasteiger charge is -2.18. The summed E-state index contributed by atoms with van der Waals surface area (Å²) < 4.78 is 36.2. The van der Waals surface area contributed by atoms with E-state index < -0.39 is 24.5 Å². The van der Waals surface area contributed by atoms with Crippen molar-refractivity contribution in [3.05, 3.63) is 29.3 Å². The van der Waals surface area contributed by atoms with E-state index in [1.54, 1.807) is 29.6 Å². The number of hydrogen-bond acceptors (Lipinski definition) is 2. The van der Waals surface area contributed by atoms with Crippen molar-refractivity contribution in [1.82, 2.24) is 5.32 Å². The zero-order valence-electron chi connectivity index (χ0n) is 10.8. The van der Waals surface area contributed by atoms with Crippen molar-refractivity contribution in [2.45, 2.75) is 12.6 Å². The quantitative estimate of drug-likeness (QED) is 0.929. The Hall–Kier alpha value is -1.76. The van der Waals surface area contributed by atoms with Gasteiger partial charge in [0.05, 0.1) is 16.6 Å². The Kier molecular flexibility index (Phi) is 4.41. The fourth-order valence-electron chi connectivity index (χ4n) is 2.12. The van der Waals surface area contributed by atoms with Crippen LogP contribution in [-0.2, 0) is 9.59 Å². The molecule has 1 aliphatic rings. The van der Waals surface area contributed by atoms with Crippen LogP contribution in [0.1, 0.15) is 6.42 Å². The molecule has 0 radical (unpaired) electrons. The molecular weight excluding hydrogens is 309 g/mol. The summed E-state index contributed by atoms with van der Waals surface area (Å²) in [7, 11) is 0. The number of halogens is 4. The van der Waals surface area contributed by atoms with Gasteiger partial charge < -0.3 is 10.2 Å². The van der Waals surface area contributed by atoms with Crippen LogP contribution in [0.25, 0.3) is 0 Å². The van der Waals surface area contributed by atoms with E-state index in [2.05, 4.69) is 0 Å². The second-order valence-corrected chi connectivity index (χ2v) is 5.10. The predicted molar refractivity (Wildman–Crippen MR) is 71.0 cm³/mol. The third-order valence-electron chi connectivity index (χ3n) is 3.10. The Morgan fingerprint density at radius 1 is 1.38 bits per heavy atom. The maximum absolute atomic E-state index is 12.1. The van der Waals surface area contributed by atoms with Gasteiger partial charge in [-0.05, 0) is 12.1 Å². The Labute approximate surface area is 123 Å². The molecule has 2 amide bonds. The second kappa shape index (κ2) is 5.93. The summed E-state index contributed by atoms with van der Waals surface area (Å²) in [6.07, 6.45) is -4.60. The summed E-state index contributed by atoms with van der Waals surface area (Å²) in [4.78, 5) is 24.9. The highest BCUT2D eigenvalue weighted by Gasteiger charge is 2.37. The number of carbonyl (C=O) groups excluding carboxylic acids is 2. The average Bonchev–Trinajstić information content (AvgIpc) is 2.78. The van der Waals surface area contributed by atoms with Gasteiger partial charge in [-0.1, -0.05) is 23.7 Å². The minimum absolute atomic E-state index is 0.0201. The van der Waals surface area contributed by atoms with Crippen molar-refractivity contribution in [3.63, 3.8) is 0 Å². The number of benzene rings is 1. The third-order valence-corrected chi connectivity index (χ3v) is 3.42. The number of alkyl halides is 3. The molecule has 4 nitrogen and oxygen atoms in total. The van der Waals surface area contributed by atoms with Crippen LogP contribution < -0.4 is 10.2 Å². The number of para-hydroxylation sites is 1. The van der Waals surface area contributed by atoms with Crippen LogP contribution in [0.4, 0.5) is 18.9 Å². The first-order valence-electron chi connectivity index (χ1n) is 6.17. The molecule has 0 aliphatic carbocycles. The monoisotopic (exact) mass is 320 g/mol. The van der Waals surface area contributed by atoms with E-state index in [4.69, 9.17) is 11.6 Å². The average molecular weight is 321 g/mol. The number of carbonyl (C=O) groups is 2. The molecule has 21 heavy (non-hydrogen) atoms. The fraction of sp³-hybridized carbons (Fsp3) is 0.385. The van der Waals surface area contributed by atoms with Crippen molar-refractivity contribution in [3.8, 4) is 0 Å². The highest BCUT2D eigenvalue weighted by atomic mass is 35.5. The van der Waals surface area contributed by atoms with Crippen LogP contribution in [0, 0.1) is 5.92 Å². The van der Waals surface area contributed by atoms with E-state index in [1.165, 1.54) is 4.90 Å². The van der Waals surface area contributed by atoms with Crippen LogP contribution in [-0.4, -0.2) is 31.1 Å². The lowest BCUT2D eigenvalue weighted by molar-refractivity contribution is -0.140. The van der Waals surface area contributed by atoms with Gasteiger partial charge >= 0.3 is 6.18 Å². The van der Waals surface area contributed by atoms with Crippen LogP contribution in [0.5, 0.6) is 0 Å². The van der Waals surface area contributed by atoms with Crippen molar-refractivity contribution in [2.24, 2.45) is 5.92 Å². The molecule has 0 spiro atoms. The van der Waals surface area contributed by atoms with Crippen LogP contribution >= 0.6 is 11.6 Å². The first-order chi connectivity index (χ1) is 9.78. The summed E-state index contributed by atoms with van der Waals surface area (Å²) in [5.74, 6) is -1.93. The van der Waals surface area contributed by atoms with Gasteiger partial charge in [0.25, 0.3) is 0 Å². The molecule has 0 aromatic heterocycles. The van der Waals surface area contributed by atoms with Crippen LogP contribution in [0.15, 0.2) is 24.3 Å². The number of anilines is 1. The zero-order valence-corrected chi connectivity index (χ0v) is 11.5. The standard InChI is InChI=1S/C13H12ClF3N2O2/c14-9-3-1-2-4-10(9)19-6-8(5-11(19)20)12(21)18-7-13(15,16)17/h1-4,8H,5-7H2,(H,18,21). The van der Waals surface area contributed by atoms with E-state index in [1.807, 2.05) is 0 Å². The number of amides is 2. The van der Waals surface area contributed by atoms with Gasteiger partial charge in [0, 0.05) is 13.0 Å². The van der Waals surface area contributed by atoms with Crippen molar-refractivity contribution in [2.75, 3.05) is 18.0 Å². The summed E-state index contributed by atoms with van der Waals surface area (Å²) in [6.45, 7) is -1.38.